The number of hydrogen-bond acceptors (Lipinski definition) is 6. The van der Waals surface area contributed by atoms with Crippen LogP contribution in [0.25, 0.3) is 6.08 Å². The fraction of sp³-hybridized carbons (Fsp3) is 0.417. The fourth-order valence-electron chi connectivity index (χ4n) is 1.18. The standard InChI is InChI=1S/C12H15NO4S/c1-4-16-11(14)9(12(15)17-5-2)6-10-13-7-8(3)18-10/h6-7H,4-5H2,1-3H3. The number of ether oxygens (including phenoxy) is 2. The third-order valence-electron chi connectivity index (χ3n) is 1.90. The summed E-state index contributed by atoms with van der Waals surface area (Å²) in [5, 5.41) is 0.573. The molecule has 0 spiro atoms. The van der Waals surface area contributed by atoms with Crippen molar-refractivity contribution in [3.05, 3.63) is 21.7 Å². The average molecular weight is 269 g/mol. The molecule has 1 aromatic heterocycles. The van der Waals surface area contributed by atoms with Crippen LogP contribution in [0.1, 0.15) is 23.7 Å². The molecule has 0 saturated heterocycles. The highest BCUT2D eigenvalue weighted by Gasteiger charge is 2.21. The molecule has 0 fully saturated rings. The highest BCUT2D eigenvalue weighted by atomic mass is 32.1. The third kappa shape index (κ3) is 3.96. The first-order chi connectivity index (χ1) is 8.58. The molecular formula is C12H15NO4S. The SMILES string of the molecule is CCOC(=O)C(=Cc1ncc(C)s1)C(=O)OCC. The second kappa shape index (κ2) is 6.90. The van der Waals surface area contributed by atoms with E-state index in [2.05, 4.69) is 4.98 Å². The molecule has 0 atom stereocenters. The molecule has 0 radical (unpaired) electrons. The van der Waals surface area contributed by atoms with Gasteiger partial charge >= 0.3 is 11.9 Å². The van der Waals surface area contributed by atoms with E-state index < -0.39 is 11.9 Å². The molecular weight excluding hydrogens is 254 g/mol. The molecule has 1 aromatic rings. The van der Waals surface area contributed by atoms with Gasteiger partial charge in [-0.25, -0.2) is 14.6 Å². The number of thiazole rings is 1. The number of hydrogen-bond donors (Lipinski definition) is 0. The second-order valence-corrected chi connectivity index (χ2v) is 4.57. The minimum atomic E-state index is -0.691. The summed E-state index contributed by atoms with van der Waals surface area (Å²) in [6.45, 7) is 5.64. The molecule has 0 saturated carbocycles. The largest absolute Gasteiger partial charge is 0.462 e. The van der Waals surface area contributed by atoms with E-state index in [1.807, 2.05) is 6.92 Å². The van der Waals surface area contributed by atoms with E-state index in [0.29, 0.717) is 5.01 Å². The van der Waals surface area contributed by atoms with Crippen molar-refractivity contribution in [3.63, 3.8) is 0 Å². The number of esters is 2. The van der Waals surface area contributed by atoms with Crippen LogP contribution in [0.5, 0.6) is 0 Å². The van der Waals surface area contributed by atoms with Gasteiger partial charge in [0.25, 0.3) is 0 Å². The van der Waals surface area contributed by atoms with Crippen molar-refractivity contribution in [2.75, 3.05) is 13.2 Å². The van der Waals surface area contributed by atoms with Crippen LogP contribution in [0, 0.1) is 6.92 Å². The summed E-state index contributed by atoms with van der Waals surface area (Å²) in [5.74, 6) is -1.38. The van der Waals surface area contributed by atoms with Crippen LogP contribution in [0.2, 0.25) is 0 Å². The smallest absolute Gasteiger partial charge is 0.345 e. The molecule has 1 heterocycles. The van der Waals surface area contributed by atoms with Crippen molar-refractivity contribution in [1.82, 2.24) is 4.98 Å². The molecule has 0 bridgehead atoms. The van der Waals surface area contributed by atoms with Crippen LogP contribution >= 0.6 is 11.3 Å². The van der Waals surface area contributed by atoms with Crippen molar-refractivity contribution in [2.45, 2.75) is 20.8 Å². The highest BCUT2D eigenvalue weighted by molar-refractivity contribution is 7.12. The highest BCUT2D eigenvalue weighted by Crippen LogP contribution is 2.16. The Kier molecular flexibility index (Phi) is 5.51. The van der Waals surface area contributed by atoms with Crippen LogP contribution in [-0.4, -0.2) is 30.1 Å². The van der Waals surface area contributed by atoms with Gasteiger partial charge in [0, 0.05) is 11.1 Å². The van der Waals surface area contributed by atoms with E-state index >= 15 is 0 Å². The summed E-state index contributed by atoms with van der Waals surface area (Å²) in [6.07, 6.45) is 3.07. The zero-order valence-electron chi connectivity index (χ0n) is 10.6. The van der Waals surface area contributed by atoms with E-state index in [-0.39, 0.29) is 18.8 Å². The maximum absolute atomic E-state index is 11.7. The van der Waals surface area contributed by atoms with Gasteiger partial charge < -0.3 is 9.47 Å². The normalized spacial score (nSPS) is 9.72. The summed E-state index contributed by atoms with van der Waals surface area (Å²) in [7, 11) is 0. The number of rotatable bonds is 5. The third-order valence-corrected chi connectivity index (χ3v) is 2.76. The Labute approximate surface area is 109 Å². The lowest BCUT2D eigenvalue weighted by Crippen LogP contribution is -2.18. The molecule has 6 heteroatoms. The first kappa shape index (κ1) is 14.4. The summed E-state index contributed by atoms with van der Waals surface area (Å²) < 4.78 is 9.64. The van der Waals surface area contributed by atoms with E-state index in [0.717, 1.165) is 4.88 Å². The van der Waals surface area contributed by atoms with Crippen molar-refractivity contribution >= 4 is 29.4 Å². The quantitative estimate of drug-likeness (QED) is 0.354. The van der Waals surface area contributed by atoms with Gasteiger partial charge in [-0.15, -0.1) is 11.3 Å². The monoisotopic (exact) mass is 269 g/mol. The first-order valence-corrected chi connectivity index (χ1v) is 6.38. The van der Waals surface area contributed by atoms with Gasteiger partial charge in [0.15, 0.2) is 0 Å². The molecule has 0 aliphatic rings. The Morgan fingerprint density at radius 3 is 2.22 bits per heavy atom. The summed E-state index contributed by atoms with van der Waals surface area (Å²) in [5.41, 5.74) is -0.131. The van der Waals surface area contributed by atoms with E-state index in [1.165, 1.54) is 17.4 Å². The number of aryl methyl sites for hydroxylation is 1. The van der Waals surface area contributed by atoms with E-state index in [4.69, 9.17) is 9.47 Å². The van der Waals surface area contributed by atoms with Gasteiger partial charge in [-0.2, -0.15) is 0 Å². The lowest BCUT2D eigenvalue weighted by molar-refractivity contribution is -0.146. The number of aromatic nitrogens is 1. The maximum Gasteiger partial charge on any atom is 0.345 e. The van der Waals surface area contributed by atoms with Gasteiger partial charge in [-0.1, -0.05) is 0 Å². The summed E-state index contributed by atoms with van der Waals surface area (Å²) >= 11 is 1.38. The number of carbonyl (C=O) groups excluding carboxylic acids is 2. The zero-order valence-corrected chi connectivity index (χ0v) is 11.4. The molecule has 5 nitrogen and oxygen atoms in total. The minimum Gasteiger partial charge on any atom is -0.462 e. The Morgan fingerprint density at radius 1 is 1.28 bits per heavy atom. The molecule has 0 aliphatic heterocycles. The Hall–Kier alpha value is -1.69. The lowest BCUT2D eigenvalue weighted by Gasteiger charge is -2.05. The van der Waals surface area contributed by atoms with Crippen LogP contribution < -0.4 is 0 Å². The van der Waals surface area contributed by atoms with E-state index in [9.17, 15) is 9.59 Å². The lowest BCUT2D eigenvalue weighted by atomic mass is 10.2. The predicted molar refractivity (Wildman–Crippen MR) is 68.1 cm³/mol. The molecule has 98 valence electrons. The van der Waals surface area contributed by atoms with E-state index in [1.54, 1.807) is 20.0 Å². The van der Waals surface area contributed by atoms with Crippen molar-refractivity contribution in [3.8, 4) is 0 Å². The Balaban J connectivity index is 2.99. The predicted octanol–water partition coefficient (Wildman–Crippen LogP) is 1.96. The molecule has 1 rings (SSSR count). The van der Waals surface area contributed by atoms with Crippen LogP contribution in [-0.2, 0) is 19.1 Å². The summed E-state index contributed by atoms with van der Waals surface area (Å²) in [6, 6.07) is 0. The van der Waals surface area contributed by atoms with Gasteiger partial charge in [-0.05, 0) is 26.8 Å². The molecule has 18 heavy (non-hydrogen) atoms. The molecule has 0 unspecified atom stereocenters. The fourth-order valence-corrected chi connectivity index (χ4v) is 1.90. The molecule has 0 N–H and O–H groups in total. The van der Waals surface area contributed by atoms with Gasteiger partial charge in [0.1, 0.15) is 10.6 Å². The average Bonchev–Trinajstić information content (AvgIpc) is 2.72. The second-order valence-electron chi connectivity index (χ2n) is 3.31. The molecule has 0 amide bonds. The Morgan fingerprint density at radius 2 is 1.83 bits per heavy atom. The number of nitrogens with zero attached hydrogens (tertiary/aromatic N) is 1. The zero-order chi connectivity index (χ0) is 13.5. The van der Waals surface area contributed by atoms with Crippen molar-refractivity contribution in [1.29, 1.82) is 0 Å². The van der Waals surface area contributed by atoms with Crippen LogP contribution in [0.15, 0.2) is 11.8 Å². The molecule has 0 aliphatic carbocycles. The Bertz CT molecular complexity index is 444. The van der Waals surface area contributed by atoms with Crippen LogP contribution in [0.3, 0.4) is 0 Å². The van der Waals surface area contributed by atoms with Crippen molar-refractivity contribution < 1.29 is 19.1 Å². The topological polar surface area (TPSA) is 65.5 Å². The van der Waals surface area contributed by atoms with Crippen molar-refractivity contribution in [2.24, 2.45) is 0 Å². The molecule has 0 aromatic carbocycles. The maximum atomic E-state index is 11.7. The van der Waals surface area contributed by atoms with Gasteiger partial charge in [0.05, 0.1) is 13.2 Å². The first-order valence-electron chi connectivity index (χ1n) is 5.56. The van der Waals surface area contributed by atoms with Gasteiger partial charge in [-0.3, -0.25) is 0 Å². The van der Waals surface area contributed by atoms with Crippen LogP contribution in [0.4, 0.5) is 0 Å². The van der Waals surface area contributed by atoms with Gasteiger partial charge in [0.2, 0.25) is 0 Å². The minimum absolute atomic E-state index is 0.131. The summed E-state index contributed by atoms with van der Waals surface area (Å²) in [4.78, 5) is 28.4. The number of carbonyl (C=O) groups is 2.